The molecular formula is C19H37NO. The van der Waals surface area contributed by atoms with Crippen LogP contribution in [-0.2, 0) is 4.79 Å². The summed E-state index contributed by atoms with van der Waals surface area (Å²) in [5.41, 5.74) is 6.10. The molecule has 0 bridgehead atoms. The van der Waals surface area contributed by atoms with Crippen molar-refractivity contribution >= 4 is 5.78 Å². The zero-order valence-electron chi connectivity index (χ0n) is 14.5. The molecule has 0 fully saturated rings. The Kier molecular flexibility index (Phi) is 15.0. The quantitative estimate of drug-likeness (QED) is 0.302. The highest BCUT2D eigenvalue weighted by atomic mass is 16.1. The zero-order valence-corrected chi connectivity index (χ0v) is 14.5. The number of carbonyl (C=O) groups excluding carboxylic acids is 1. The van der Waals surface area contributed by atoms with Gasteiger partial charge in [-0.15, -0.1) is 0 Å². The summed E-state index contributed by atoms with van der Waals surface area (Å²) in [6.45, 7) is 4.04. The average Bonchev–Trinajstić information content (AvgIpc) is 2.43. The van der Waals surface area contributed by atoms with E-state index in [1.807, 2.05) is 0 Å². The standard InChI is InChI=1S/C19H37NO/c1-3-4-5-6-7-8-9-10-11-12-13-14-15-16-19(21)17-18(2)20/h17H,3-16,20H2,1-2H3. The van der Waals surface area contributed by atoms with Crippen molar-refractivity contribution in [2.75, 3.05) is 0 Å². The van der Waals surface area contributed by atoms with Crippen molar-refractivity contribution in [3.8, 4) is 0 Å². The van der Waals surface area contributed by atoms with E-state index in [2.05, 4.69) is 6.92 Å². The third kappa shape index (κ3) is 17.2. The van der Waals surface area contributed by atoms with Gasteiger partial charge in [0.05, 0.1) is 0 Å². The molecule has 0 aliphatic carbocycles. The van der Waals surface area contributed by atoms with E-state index >= 15 is 0 Å². The van der Waals surface area contributed by atoms with Crippen LogP contribution in [0.2, 0.25) is 0 Å². The highest BCUT2D eigenvalue weighted by Gasteiger charge is 1.98. The highest BCUT2D eigenvalue weighted by molar-refractivity contribution is 5.89. The van der Waals surface area contributed by atoms with Crippen molar-refractivity contribution in [2.45, 2.75) is 104 Å². The van der Waals surface area contributed by atoms with Crippen LogP contribution in [0.1, 0.15) is 104 Å². The Morgan fingerprint density at radius 1 is 0.762 bits per heavy atom. The van der Waals surface area contributed by atoms with Crippen LogP contribution in [0, 0.1) is 0 Å². The van der Waals surface area contributed by atoms with Crippen LogP contribution in [0.5, 0.6) is 0 Å². The summed E-state index contributed by atoms with van der Waals surface area (Å²) in [6, 6.07) is 0. The van der Waals surface area contributed by atoms with Crippen LogP contribution >= 0.6 is 0 Å². The van der Waals surface area contributed by atoms with Gasteiger partial charge in [0.15, 0.2) is 5.78 Å². The van der Waals surface area contributed by atoms with E-state index in [1.165, 1.54) is 77.0 Å². The van der Waals surface area contributed by atoms with Gasteiger partial charge in [0.2, 0.25) is 0 Å². The molecule has 21 heavy (non-hydrogen) atoms. The molecule has 0 aromatic heterocycles. The molecule has 0 unspecified atom stereocenters. The first-order valence-corrected chi connectivity index (χ1v) is 9.13. The molecule has 0 saturated carbocycles. The molecule has 0 spiro atoms. The molecule has 0 aromatic rings. The van der Waals surface area contributed by atoms with E-state index < -0.39 is 0 Å². The first-order chi connectivity index (χ1) is 10.2. The van der Waals surface area contributed by atoms with Gasteiger partial charge in [-0.1, -0.05) is 84.0 Å². The second-order valence-corrected chi connectivity index (χ2v) is 6.35. The van der Waals surface area contributed by atoms with Crippen molar-refractivity contribution in [3.63, 3.8) is 0 Å². The number of ketones is 1. The fourth-order valence-electron chi connectivity index (χ4n) is 2.64. The Balaban J connectivity index is 3.12. The Morgan fingerprint density at radius 2 is 1.14 bits per heavy atom. The monoisotopic (exact) mass is 295 g/mol. The molecule has 2 nitrogen and oxygen atoms in total. The van der Waals surface area contributed by atoms with Gasteiger partial charge in [-0.05, 0) is 19.4 Å². The lowest BCUT2D eigenvalue weighted by molar-refractivity contribution is -0.114. The van der Waals surface area contributed by atoms with Gasteiger partial charge in [0, 0.05) is 12.1 Å². The molecule has 2 heteroatoms. The average molecular weight is 296 g/mol. The SMILES string of the molecule is CCCCCCCCCCCCCCCC(=O)C=C(C)N. The van der Waals surface area contributed by atoms with E-state index in [-0.39, 0.29) is 5.78 Å². The third-order valence-corrected chi connectivity index (χ3v) is 3.92. The molecule has 0 aromatic carbocycles. The maximum absolute atomic E-state index is 11.4. The van der Waals surface area contributed by atoms with Gasteiger partial charge < -0.3 is 5.73 Å². The summed E-state index contributed by atoms with van der Waals surface area (Å²) in [5, 5.41) is 0. The van der Waals surface area contributed by atoms with Crippen LogP contribution < -0.4 is 5.73 Å². The molecule has 0 aliphatic rings. The van der Waals surface area contributed by atoms with Crippen LogP contribution in [0.15, 0.2) is 11.8 Å². The molecule has 0 atom stereocenters. The van der Waals surface area contributed by atoms with Crippen molar-refractivity contribution < 1.29 is 4.79 Å². The Bertz CT molecular complexity index is 267. The summed E-state index contributed by atoms with van der Waals surface area (Å²) < 4.78 is 0. The smallest absolute Gasteiger partial charge is 0.157 e. The normalized spacial score (nSPS) is 11.8. The lowest BCUT2D eigenvalue weighted by atomic mass is 10.0. The third-order valence-electron chi connectivity index (χ3n) is 3.92. The van der Waals surface area contributed by atoms with Crippen LogP contribution in [-0.4, -0.2) is 5.78 Å². The van der Waals surface area contributed by atoms with E-state index in [0.29, 0.717) is 12.1 Å². The van der Waals surface area contributed by atoms with Crippen LogP contribution in [0.25, 0.3) is 0 Å². The van der Waals surface area contributed by atoms with E-state index in [9.17, 15) is 4.79 Å². The summed E-state index contributed by atoms with van der Waals surface area (Å²) in [6.07, 6.45) is 19.6. The minimum absolute atomic E-state index is 0.179. The minimum atomic E-state index is 0.179. The number of hydrogen-bond donors (Lipinski definition) is 1. The Hall–Kier alpha value is -0.790. The van der Waals surface area contributed by atoms with E-state index in [1.54, 1.807) is 13.0 Å². The van der Waals surface area contributed by atoms with Gasteiger partial charge in [0.1, 0.15) is 0 Å². The van der Waals surface area contributed by atoms with Gasteiger partial charge >= 0.3 is 0 Å². The van der Waals surface area contributed by atoms with Crippen molar-refractivity contribution in [1.29, 1.82) is 0 Å². The zero-order chi connectivity index (χ0) is 15.8. The summed E-state index contributed by atoms with van der Waals surface area (Å²) in [4.78, 5) is 11.4. The largest absolute Gasteiger partial charge is 0.402 e. The molecule has 0 rings (SSSR count). The van der Waals surface area contributed by atoms with Gasteiger partial charge in [0.25, 0.3) is 0 Å². The number of allylic oxidation sites excluding steroid dienone is 2. The van der Waals surface area contributed by atoms with Gasteiger partial charge in [-0.25, -0.2) is 0 Å². The second-order valence-electron chi connectivity index (χ2n) is 6.35. The van der Waals surface area contributed by atoms with Crippen molar-refractivity contribution in [2.24, 2.45) is 5.73 Å². The predicted octanol–water partition coefficient (Wildman–Crippen LogP) is 5.90. The lowest BCUT2D eigenvalue weighted by Crippen LogP contribution is -1.98. The summed E-state index contributed by atoms with van der Waals surface area (Å²) >= 11 is 0. The summed E-state index contributed by atoms with van der Waals surface area (Å²) in [7, 11) is 0. The first-order valence-electron chi connectivity index (χ1n) is 9.13. The lowest BCUT2D eigenvalue weighted by Gasteiger charge is -2.02. The van der Waals surface area contributed by atoms with Crippen LogP contribution in [0.4, 0.5) is 0 Å². The molecular weight excluding hydrogens is 258 g/mol. The number of nitrogens with two attached hydrogens (primary N) is 1. The molecule has 2 N–H and O–H groups in total. The van der Waals surface area contributed by atoms with Crippen molar-refractivity contribution in [3.05, 3.63) is 11.8 Å². The highest BCUT2D eigenvalue weighted by Crippen LogP contribution is 2.13. The number of hydrogen-bond acceptors (Lipinski definition) is 2. The molecule has 0 radical (unpaired) electrons. The van der Waals surface area contributed by atoms with E-state index in [0.717, 1.165) is 6.42 Å². The van der Waals surface area contributed by atoms with Gasteiger partial charge in [-0.2, -0.15) is 0 Å². The van der Waals surface area contributed by atoms with Crippen molar-refractivity contribution in [1.82, 2.24) is 0 Å². The topological polar surface area (TPSA) is 43.1 Å². The minimum Gasteiger partial charge on any atom is -0.402 e. The Labute approximate surface area is 132 Å². The van der Waals surface area contributed by atoms with Gasteiger partial charge in [-0.3, -0.25) is 4.79 Å². The number of rotatable bonds is 15. The van der Waals surface area contributed by atoms with Crippen LogP contribution in [0.3, 0.4) is 0 Å². The molecule has 0 saturated heterocycles. The Morgan fingerprint density at radius 3 is 1.52 bits per heavy atom. The molecule has 0 heterocycles. The number of unbranched alkanes of at least 4 members (excludes halogenated alkanes) is 12. The fraction of sp³-hybridized carbons (Fsp3) is 0.842. The molecule has 124 valence electrons. The number of carbonyl (C=O) groups is 1. The second kappa shape index (κ2) is 15.6. The molecule has 0 aliphatic heterocycles. The predicted molar refractivity (Wildman–Crippen MR) is 93.3 cm³/mol. The maximum atomic E-state index is 11.4. The maximum Gasteiger partial charge on any atom is 0.157 e. The van der Waals surface area contributed by atoms with E-state index in [4.69, 9.17) is 5.73 Å². The fourth-order valence-corrected chi connectivity index (χ4v) is 2.64. The summed E-state index contributed by atoms with van der Waals surface area (Å²) in [5.74, 6) is 0.179. The first kappa shape index (κ1) is 20.2. The molecule has 0 amide bonds.